The van der Waals surface area contributed by atoms with Gasteiger partial charge in [-0.1, -0.05) is 30.3 Å². The van der Waals surface area contributed by atoms with Crippen LogP contribution in [0.15, 0.2) is 77.6 Å². The second-order valence-electron chi connectivity index (χ2n) is 6.72. The number of pyridine rings is 1. The molecule has 0 amide bonds. The van der Waals surface area contributed by atoms with Crippen LogP contribution in [-0.4, -0.2) is 11.5 Å². The number of hydrogen-bond acceptors (Lipinski definition) is 3. The molecule has 0 unspecified atom stereocenters. The van der Waals surface area contributed by atoms with Gasteiger partial charge in [0.1, 0.15) is 11.5 Å². The first kappa shape index (κ1) is 15.7. The molecule has 132 valence electrons. The van der Waals surface area contributed by atoms with E-state index in [9.17, 15) is 4.79 Å². The molecule has 4 heteroatoms. The summed E-state index contributed by atoms with van der Waals surface area (Å²) in [6.45, 7) is 0.998. The van der Waals surface area contributed by atoms with Crippen molar-refractivity contribution in [1.82, 2.24) is 4.98 Å². The monoisotopic (exact) mass is 354 g/mol. The summed E-state index contributed by atoms with van der Waals surface area (Å²) < 4.78 is 6.09. The van der Waals surface area contributed by atoms with Crippen LogP contribution in [0.1, 0.15) is 5.56 Å². The third-order valence-corrected chi connectivity index (χ3v) is 4.92. The van der Waals surface area contributed by atoms with E-state index in [0.29, 0.717) is 11.5 Å². The SMILES string of the molecule is O=c1cc(Oc2cccc(-c3ccc4c(c3)CCN4)c2)c2ccccc2[nH]1. The van der Waals surface area contributed by atoms with Gasteiger partial charge < -0.3 is 15.0 Å². The smallest absolute Gasteiger partial charge is 0.252 e. The second kappa shape index (κ2) is 6.32. The lowest BCUT2D eigenvalue weighted by Crippen LogP contribution is -2.04. The molecule has 0 atom stereocenters. The zero-order valence-corrected chi connectivity index (χ0v) is 14.7. The molecule has 0 saturated heterocycles. The quantitative estimate of drug-likeness (QED) is 0.547. The van der Waals surface area contributed by atoms with E-state index >= 15 is 0 Å². The van der Waals surface area contributed by atoms with Crippen molar-refractivity contribution < 1.29 is 4.74 Å². The number of nitrogens with one attached hydrogen (secondary N) is 2. The van der Waals surface area contributed by atoms with Crippen molar-refractivity contribution in [2.24, 2.45) is 0 Å². The fraction of sp³-hybridized carbons (Fsp3) is 0.0870. The summed E-state index contributed by atoms with van der Waals surface area (Å²) in [6, 6.07) is 23.6. The summed E-state index contributed by atoms with van der Waals surface area (Å²) in [5, 5.41) is 4.27. The number of rotatable bonds is 3. The van der Waals surface area contributed by atoms with Crippen LogP contribution in [0.25, 0.3) is 22.0 Å². The van der Waals surface area contributed by atoms with Crippen molar-refractivity contribution in [3.05, 3.63) is 88.7 Å². The van der Waals surface area contributed by atoms with Crippen LogP contribution in [0.2, 0.25) is 0 Å². The molecule has 0 saturated carbocycles. The van der Waals surface area contributed by atoms with Crippen molar-refractivity contribution >= 4 is 16.6 Å². The number of H-pyrrole nitrogens is 1. The topological polar surface area (TPSA) is 54.1 Å². The first-order valence-electron chi connectivity index (χ1n) is 9.03. The van der Waals surface area contributed by atoms with Crippen LogP contribution in [0.4, 0.5) is 5.69 Å². The van der Waals surface area contributed by atoms with Gasteiger partial charge in [0, 0.05) is 23.7 Å². The Balaban J connectivity index is 1.53. The first-order chi connectivity index (χ1) is 13.3. The van der Waals surface area contributed by atoms with Crippen LogP contribution in [-0.2, 0) is 6.42 Å². The van der Waals surface area contributed by atoms with E-state index in [1.54, 1.807) is 0 Å². The zero-order valence-electron chi connectivity index (χ0n) is 14.7. The van der Waals surface area contributed by atoms with Crippen molar-refractivity contribution in [1.29, 1.82) is 0 Å². The first-order valence-corrected chi connectivity index (χ1v) is 9.03. The number of aromatic amines is 1. The highest BCUT2D eigenvalue weighted by atomic mass is 16.5. The summed E-state index contributed by atoms with van der Waals surface area (Å²) >= 11 is 0. The lowest BCUT2D eigenvalue weighted by molar-refractivity contribution is 0.487. The molecule has 0 aliphatic carbocycles. The largest absolute Gasteiger partial charge is 0.456 e. The molecule has 1 aromatic heterocycles. The van der Waals surface area contributed by atoms with Crippen molar-refractivity contribution in [2.45, 2.75) is 6.42 Å². The standard InChI is InChI=1S/C23H18N2O2/c26-23-14-22(19-6-1-2-7-21(19)25-23)27-18-5-3-4-15(13-18)16-8-9-20-17(12-16)10-11-24-20/h1-9,12-14,24H,10-11H2,(H,25,26). The minimum atomic E-state index is -0.175. The van der Waals surface area contributed by atoms with E-state index in [4.69, 9.17) is 4.74 Å². The number of para-hydroxylation sites is 1. The molecular weight excluding hydrogens is 336 g/mol. The van der Waals surface area contributed by atoms with E-state index in [1.165, 1.54) is 22.9 Å². The van der Waals surface area contributed by atoms with E-state index in [2.05, 4.69) is 34.6 Å². The van der Waals surface area contributed by atoms with E-state index < -0.39 is 0 Å². The molecule has 4 aromatic rings. The molecule has 0 bridgehead atoms. The van der Waals surface area contributed by atoms with Crippen LogP contribution in [0.5, 0.6) is 11.5 Å². The highest BCUT2D eigenvalue weighted by molar-refractivity contribution is 5.85. The number of fused-ring (bicyclic) bond motifs is 2. The number of aromatic nitrogens is 1. The highest BCUT2D eigenvalue weighted by Gasteiger charge is 2.11. The molecule has 4 nitrogen and oxygen atoms in total. The van der Waals surface area contributed by atoms with Gasteiger partial charge in [0.2, 0.25) is 0 Å². The summed E-state index contributed by atoms with van der Waals surface area (Å²) in [5.41, 5.74) is 5.42. The molecular formula is C23H18N2O2. The maximum atomic E-state index is 11.9. The Morgan fingerprint density at radius 3 is 2.70 bits per heavy atom. The van der Waals surface area contributed by atoms with Gasteiger partial charge in [0.05, 0.1) is 5.52 Å². The maximum absolute atomic E-state index is 11.9. The van der Waals surface area contributed by atoms with Crippen molar-refractivity contribution in [3.63, 3.8) is 0 Å². The average Bonchev–Trinajstić information content (AvgIpc) is 3.16. The number of anilines is 1. The van der Waals surface area contributed by atoms with Gasteiger partial charge in [-0.15, -0.1) is 0 Å². The minimum absolute atomic E-state index is 0.175. The van der Waals surface area contributed by atoms with E-state index in [-0.39, 0.29) is 5.56 Å². The zero-order chi connectivity index (χ0) is 18.2. The van der Waals surface area contributed by atoms with Crippen LogP contribution in [0.3, 0.4) is 0 Å². The fourth-order valence-corrected chi connectivity index (χ4v) is 3.61. The summed E-state index contributed by atoms with van der Waals surface area (Å²) in [5.74, 6) is 1.27. The highest BCUT2D eigenvalue weighted by Crippen LogP contribution is 2.32. The van der Waals surface area contributed by atoms with Gasteiger partial charge in [-0.05, 0) is 59.5 Å². The number of ether oxygens (including phenoxy) is 1. The molecule has 5 rings (SSSR count). The molecule has 0 spiro atoms. The van der Waals surface area contributed by atoms with Crippen LogP contribution < -0.4 is 15.6 Å². The van der Waals surface area contributed by atoms with Gasteiger partial charge in [-0.2, -0.15) is 0 Å². The molecule has 2 N–H and O–H groups in total. The van der Waals surface area contributed by atoms with E-state index in [1.807, 2.05) is 42.5 Å². The molecule has 27 heavy (non-hydrogen) atoms. The molecule has 1 aliphatic heterocycles. The van der Waals surface area contributed by atoms with Gasteiger partial charge in [0.15, 0.2) is 0 Å². The Labute approximate surface area is 156 Å². The summed E-state index contributed by atoms with van der Waals surface area (Å²) in [7, 11) is 0. The van der Waals surface area contributed by atoms with Gasteiger partial charge in [-0.25, -0.2) is 0 Å². The molecule has 2 heterocycles. The third-order valence-electron chi connectivity index (χ3n) is 4.92. The normalized spacial score (nSPS) is 12.6. The van der Waals surface area contributed by atoms with Crippen LogP contribution in [0, 0.1) is 0 Å². The summed E-state index contributed by atoms with van der Waals surface area (Å²) in [6.07, 6.45) is 1.05. The Bertz CT molecular complexity index is 1210. The molecule has 3 aromatic carbocycles. The maximum Gasteiger partial charge on any atom is 0.252 e. The van der Waals surface area contributed by atoms with E-state index in [0.717, 1.165) is 29.4 Å². The van der Waals surface area contributed by atoms with Gasteiger partial charge in [-0.3, -0.25) is 4.79 Å². The third kappa shape index (κ3) is 2.95. The van der Waals surface area contributed by atoms with Crippen molar-refractivity contribution in [2.75, 3.05) is 11.9 Å². The Hall–Kier alpha value is -3.53. The second-order valence-corrected chi connectivity index (χ2v) is 6.72. The average molecular weight is 354 g/mol. The molecule has 0 fully saturated rings. The number of hydrogen-bond donors (Lipinski definition) is 2. The predicted molar refractivity (Wildman–Crippen MR) is 109 cm³/mol. The Morgan fingerprint density at radius 2 is 1.74 bits per heavy atom. The predicted octanol–water partition coefficient (Wildman–Crippen LogP) is 4.96. The Morgan fingerprint density at radius 1 is 0.852 bits per heavy atom. The fourth-order valence-electron chi connectivity index (χ4n) is 3.61. The Kier molecular flexibility index (Phi) is 3.68. The minimum Gasteiger partial charge on any atom is -0.456 e. The lowest BCUT2D eigenvalue weighted by Gasteiger charge is -2.11. The molecule has 0 radical (unpaired) electrons. The molecule has 1 aliphatic rings. The van der Waals surface area contributed by atoms with Crippen LogP contribution >= 0.6 is 0 Å². The lowest BCUT2D eigenvalue weighted by atomic mass is 10.0. The summed E-state index contributed by atoms with van der Waals surface area (Å²) in [4.78, 5) is 14.8. The van der Waals surface area contributed by atoms with Gasteiger partial charge >= 0.3 is 0 Å². The van der Waals surface area contributed by atoms with Crippen molar-refractivity contribution in [3.8, 4) is 22.6 Å². The van der Waals surface area contributed by atoms with Gasteiger partial charge in [0.25, 0.3) is 5.56 Å². The number of benzene rings is 3.